The Morgan fingerprint density at radius 1 is 0.951 bits per heavy atom. The van der Waals surface area contributed by atoms with Crippen molar-refractivity contribution in [2.24, 2.45) is 17.6 Å². The number of Topliss-reactive ketones (excluding diaryl/α,β-unsaturated/α-hetero) is 1. The van der Waals surface area contributed by atoms with Crippen LogP contribution in [0, 0.1) is 11.8 Å². The molecule has 2 rings (SSSR count). The maximum atomic E-state index is 13.4. The molecule has 226 valence electrons. The van der Waals surface area contributed by atoms with Crippen molar-refractivity contribution in [1.82, 2.24) is 5.32 Å². The molecule has 41 heavy (non-hydrogen) atoms. The summed E-state index contributed by atoms with van der Waals surface area (Å²) in [6.45, 7) is 7.17. The number of carbonyl (C=O) groups is 4. The van der Waals surface area contributed by atoms with E-state index in [1.54, 1.807) is 40.2 Å². The average Bonchev–Trinajstić information content (AvgIpc) is 2.91. The largest absolute Gasteiger partial charge is 0.439 e. The van der Waals surface area contributed by atoms with Crippen molar-refractivity contribution in [2.45, 2.75) is 64.6 Å². The molecular formula is C30H42N2O9. The van der Waals surface area contributed by atoms with Crippen LogP contribution in [-0.4, -0.2) is 82.5 Å². The molecule has 2 bridgehead atoms. The van der Waals surface area contributed by atoms with Crippen LogP contribution in [0.1, 0.15) is 34.1 Å². The van der Waals surface area contributed by atoms with Crippen LogP contribution in [-0.2, 0) is 38.1 Å². The van der Waals surface area contributed by atoms with E-state index in [0.29, 0.717) is 12.0 Å². The third-order valence-corrected chi connectivity index (χ3v) is 7.27. The van der Waals surface area contributed by atoms with Gasteiger partial charge in [-0.1, -0.05) is 38.2 Å². The Labute approximate surface area is 241 Å². The number of fused-ring (bicyclic) bond motifs is 2. The van der Waals surface area contributed by atoms with Crippen LogP contribution in [0.5, 0.6) is 0 Å². The predicted molar refractivity (Wildman–Crippen MR) is 152 cm³/mol. The Morgan fingerprint density at radius 3 is 2.20 bits per heavy atom. The van der Waals surface area contributed by atoms with Gasteiger partial charge in [-0.2, -0.15) is 0 Å². The van der Waals surface area contributed by atoms with Gasteiger partial charge in [0.2, 0.25) is 5.78 Å². The van der Waals surface area contributed by atoms with Crippen molar-refractivity contribution in [3.8, 4) is 0 Å². The Bertz CT molecular complexity index is 1150. The molecule has 11 heteroatoms. The summed E-state index contributed by atoms with van der Waals surface area (Å²) in [6, 6.07) is 0. The van der Waals surface area contributed by atoms with Crippen LogP contribution in [0.3, 0.4) is 0 Å². The van der Waals surface area contributed by atoms with E-state index in [0.717, 1.165) is 6.08 Å². The number of amides is 2. The summed E-state index contributed by atoms with van der Waals surface area (Å²) < 4.78 is 28.4. The van der Waals surface area contributed by atoms with Crippen LogP contribution >= 0.6 is 0 Å². The zero-order valence-corrected chi connectivity index (χ0v) is 25.0. The molecule has 0 unspecified atom stereocenters. The molecule has 1 aliphatic heterocycles. The fourth-order valence-electron chi connectivity index (χ4n) is 5.21. The van der Waals surface area contributed by atoms with Gasteiger partial charge in [0.15, 0.2) is 11.9 Å². The van der Waals surface area contributed by atoms with Gasteiger partial charge >= 0.3 is 6.09 Å². The number of ether oxygens (including phenoxy) is 5. The second-order valence-corrected chi connectivity index (χ2v) is 10.2. The van der Waals surface area contributed by atoms with Crippen molar-refractivity contribution >= 4 is 23.6 Å². The van der Waals surface area contributed by atoms with Crippen LogP contribution in [0.2, 0.25) is 0 Å². The van der Waals surface area contributed by atoms with Crippen LogP contribution in [0.25, 0.3) is 0 Å². The molecule has 3 N–H and O–H groups in total. The van der Waals surface area contributed by atoms with Crippen molar-refractivity contribution in [3.63, 3.8) is 0 Å². The second kappa shape index (κ2) is 15.6. The summed E-state index contributed by atoms with van der Waals surface area (Å²) in [5.41, 5.74) is 6.29. The fourth-order valence-corrected chi connectivity index (χ4v) is 5.21. The smallest absolute Gasteiger partial charge is 0.405 e. The minimum absolute atomic E-state index is 0.141. The van der Waals surface area contributed by atoms with Crippen molar-refractivity contribution in [3.05, 3.63) is 58.9 Å². The highest BCUT2D eigenvalue weighted by Crippen LogP contribution is 2.30. The molecule has 0 radical (unpaired) electrons. The number of allylic oxidation sites excluding steroid dienone is 5. The van der Waals surface area contributed by atoms with Crippen LogP contribution in [0.15, 0.2) is 58.9 Å². The van der Waals surface area contributed by atoms with Gasteiger partial charge in [-0.3, -0.25) is 14.4 Å². The number of ketones is 2. The van der Waals surface area contributed by atoms with E-state index >= 15 is 0 Å². The Hall–Kier alpha value is -3.38. The number of primary amides is 1. The second-order valence-electron chi connectivity index (χ2n) is 10.2. The first-order valence-electron chi connectivity index (χ1n) is 13.3. The van der Waals surface area contributed by atoms with E-state index in [9.17, 15) is 19.2 Å². The van der Waals surface area contributed by atoms with Gasteiger partial charge in [-0.15, -0.1) is 0 Å². The summed E-state index contributed by atoms with van der Waals surface area (Å²) in [7, 11) is 6.05. The summed E-state index contributed by atoms with van der Waals surface area (Å²) >= 11 is 0. The van der Waals surface area contributed by atoms with Gasteiger partial charge in [0.05, 0.1) is 24.0 Å². The Kier molecular flexibility index (Phi) is 12.8. The number of rotatable bonds is 5. The number of nitrogens with two attached hydrogens (primary N) is 1. The quantitative estimate of drug-likeness (QED) is 0.373. The minimum Gasteiger partial charge on any atom is -0.439 e. The van der Waals surface area contributed by atoms with Crippen LogP contribution < -0.4 is 11.1 Å². The first kappa shape index (κ1) is 33.8. The lowest BCUT2D eigenvalue weighted by atomic mass is 9.84. The predicted octanol–water partition coefficient (Wildman–Crippen LogP) is 2.71. The van der Waals surface area contributed by atoms with Crippen molar-refractivity contribution < 1.29 is 42.9 Å². The van der Waals surface area contributed by atoms with E-state index in [1.807, 2.05) is 19.9 Å². The highest BCUT2D eigenvalue weighted by Gasteiger charge is 2.36. The lowest BCUT2D eigenvalue weighted by molar-refractivity contribution is -0.120. The van der Waals surface area contributed by atoms with E-state index in [-0.39, 0.29) is 28.7 Å². The molecule has 0 fully saturated rings. The Balaban J connectivity index is 2.66. The third kappa shape index (κ3) is 8.80. The molecule has 11 nitrogen and oxygen atoms in total. The van der Waals surface area contributed by atoms with Gasteiger partial charge in [-0.05, 0) is 37.8 Å². The van der Waals surface area contributed by atoms with Gasteiger partial charge in [0, 0.05) is 51.6 Å². The molecule has 7 atom stereocenters. The Morgan fingerprint density at radius 2 is 1.63 bits per heavy atom. The van der Waals surface area contributed by atoms with E-state index in [1.165, 1.54) is 26.4 Å². The zero-order chi connectivity index (χ0) is 30.9. The van der Waals surface area contributed by atoms with Gasteiger partial charge < -0.3 is 34.7 Å². The summed E-state index contributed by atoms with van der Waals surface area (Å²) in [4.78, 5) is 50.6. The van der Waals surface area contributed by atoms with Gasteiger partial charge in [0.25, 0.3) is 5.91 Å². The molecule has 0 saturated carbocycles. The van der Waals surface area contributed by atoms with Crippen LogP contribution in [0.4, 0.5) is 4.79 Å². The highest BCUT2D eigenvalue weighted by atomic mass is 16.6. The lowest BCUT2D eigenvalue weighted by Crippen LogP contribution is -2.41. The van der Waals surface area contributed by atoms with E-state index < -0.39 is 54.1 Å². The molecular weight excluding hydrogens is 532 g/mol. The maximum absolute atomic E-state index is 13.4. The summed E-state index contributed by atoms with van der Waals surface area (Å²) in [5, 5.41) is 2.54. The third-order valence-electron chi connectivity index (χ3n) is 7.27. The molecule has 0 spiro atoms. The van der Waals surface area contributed by atoms with E-state index in [2.05, 4.69) is 5.32 Å². The molecule has 2 aliphatic rings. The van der Waals surface area contributed by atoms with Gasteiger partial charge in [0.1, 0.15) is 6.10 Å². The topological polar surface area (TPSA) is 152 Å². The van der Waals surface area contributed by atoms with Crippen molar-refractivity contribution in [2.75, 3.05) is 28.4 Å². The molecule has 1 heterocycles. The summed E-state index contributed by atoms with van der Waals surface area (Å²) in [5.74, 6) is -2.04. The van der Waals surface area contributed by atoms with E-state index in [4.69, 9.17) is 29.4 Å². The van der Waals surface area contributed by atoms with Gasteiger partial charge in [-0.25, -0.2) is 4.79 Å². The maximum Gasteiger partial charge on any atom is 0.405 e. The molecule has 0 saturated heterocycles. The first-order valence-corrected chi connectivity index (χ1v) is 13.3. The number of hydrogen-bond acceptors (Lipinski definition) is 9. The number of carbonyl (C=O) groups excluding carboxylic acids is 4. The molecule has 0 aromatic heterocycles. The standard InChI is InChI=1S/C30H42N2O9/c1-16-10-9-11-23(37-5)28(41-30(31)36)18(3)12-17(2)27(40-8)24(38-6)13-19(4)26(39-7)21-14-20(33)15-22(25(21)34)32-29(16)35/h9-12,14-15,17,19,23-24,26-28H,13H2,1-8H3,(H2,31,36)(H,32,35)/b11-9-,16-10+,18-12+/t17-,19-,23-,24-,26-,27+,28-/m0/s1. The zero-order valence-electron chi connectivity index (χ0n) is 25.0. The lowest BCUT2D eigenvalue weighted by Gasteiger charge is -2.34. The normalized spacial score (nSPS) is 33.9. The SMILES string of the molecule is CO[C@H]1[C@@H](OC)C[C@H](C)[C@H](OC)C2=CC(=O)C=C(NC(=O)/C(C)=C/C=C\[C@H](OC)[C@@H](OC(N)=O)/C(C)=C/[C@@H]1C)C2=O. The number of hydrogen-bond donors (Lipinski definition) is 2. The fraction of sp³-hybridized carbons (Fsp3) is 0.533. The molecule has 1 aliphatic carbocycles. The summed E-state index contributed by atoms with van der Waals surface area (Å²) in [6.07, 6.45) is 5.11. The number of nitrogens with one attached hydrogen (secondary N) is 1. The molecule has 2 amide bonds. The average molecular weight is 575 g/mol. The number of methoxy groups -OCH3 is 4. The van der Waals surface area contributed by atoms with Crippen molar-refractivity contribution in [1.29, 1.82) is 0 Å². The first-order chi connectivity index (χ1) is 19.4. The molecule has 0 aromatic rings. The monoisotopic (exact) mass is 574 g/mol. The molecule has 0 aromatic carbocycles. The highest BCUT2D eigenvalue weighted by molar-refractivity contribution is 6.22. The minimum atomic E-state index is -0.972.